The first-order chi connectivity index (χ1) is 17.6. The number of hydrogen-bond donors (Lipinski definition) is 1. The molecular weight excluding hydrogens is 478 g/mol. The van der Waals surface area contributed by atoms with E-state index in [9.17, 15) is 9.59 Å². The Kier molecular flexibility index (Phi) is 9.93. The summed E-state index contributed by atoms with van der Waals surface area (Å²) in [4.78, 5) is 33.2. The fourth-order valence-electron chi connectivity index (χ4n) is 4.40. The summed E-state index contributed by atoms with van der Waals surface area (Å²) in [5.74, 6) is 0.456. The zero-order chi connectivity index (χ0) is 27.1. The third-order valence-electron chi connectivity index (χ3n) is 6.51. The van der Waals surface area contributed by atoms with Crippen LogP contribution in [0, 0.1) is 6.92 Å². The molecule has 0 spiro atoms. The summed E-state index contributed by atoms with van der Waals surface area (Å²) >= 11 is 1.70. The second-order valence-electron chi connectivity index (χ2n) is 10.5. The third-order valence-corrected chi connectivity index (χ3v) is 7.49. The molecule has 0 aliphatic carbocycles. The lowest BCUT2D eigenvalue weighted by Crippen LogP contribution is -2.47. The van der Waals surface area contributed by atoms with Crippen LogP contribution in [-0.2, 0) is 17.9 Å². The Balaban J connectivity index is 1.84. The predicted octanol–water partition coefficient (Wildman–Crippen LogP) is 7.77. The Bertz CT molecular complexity index is 1160. The van der Waals surface area contributed by atoms with Crippen LogP contribution < -0.4 is 5.32 Å². The molecule has 6 heteroatoms. The maximum Gasteiger partial charge on any atom is 0.322 e. The number of benzene rings is 2. The van der Waals surface area contributed by atoms with Gasteiger partial charge in [0.25, 0.3) is 0 Å². The van der Waals surface area contributed by atoms with Gasteiger partial charge in [-0.2, -0.15) is 0 Å². The fourth-order valence-corrected chi connectivity index (χ4v) is 5.31. The number of amides is 3. The van der Waals surface area contributed by atoms with Crippen molar-refractivity contribution in [2.24, 2.45) is 0 Å². The van der Waals surface area contributed by atoms with E-state index in [1.54, 1.807) is 16.2 Å². The second-order valence-corrected chi connectivity index (χ2v) is 11.9. The number of aryl methyl sites for hydroxylation is 1. The molecule has 1 N–H and O–H groups in total. The zero-order valence-electron chi connectivity index (χ0n) is 23.2. The Labute approximate surface area is 226 Å². The minimum Gasteiger partial charge on any atom is -0.332 e. The van der Waals surface area contributed by atoms with Crippen LogP contribution in [0.4, 0.5) is 10.5 Å². The molecule has 1 aromatic heterocycles. The van der Waals surface area contributed by atoms with E-state index in [-0.39, 0.29) is 36.4 Å². The van der Waals surface area contributed by atoms with Crippen LogP contribution in [0.1, 0.15) is 79.8 Å². The van der Waals surface area contributed by atoms with Crippen molar-refractivity contribution >= 4 is 29.0 Å². The van der Waals surface area contributed by atoms with E-state index in [1.165, 1.54) is 4.88 Å². The van der Waals surface area contributed by atoms with Crippen LogP contribution in [0.2, 0.25) is 0 Å². The SMILES string of the molecule is Cc1ccc(CN(Cc2ccccc2)C(=O)CN(C(=O)Nc2c(C(C)C)cccc2C(C)C)C(C)C)s1. The number of urea groups is 1. The van der Waals surface area contributed by atoms with Gasteiger partial charge in [0.1, 0.15) is 6.54 Å². The summed E-state index contributed by atoms with van der Waals surface area (Å²) < 4.78 is 0. The topological polar surface area (TPSA) is 52.7 Å². The smallest absolute Gasteiger partial charge is 0.322 e. The Morgan fingerprint density at radius 2 is 1.43 bits per heavy atom. The molecule has 0 saturated heterocycles. The second kappa shape index (κ2) is 12.9. The van der Waals surface area contributed by atoms with Crippen molar-refractivity contribution in [2.45, 2.75) is 79.4 Å². The van der Waals surface area contributed by atoms with Gasteiger partial charge in [-0.15, -0.1) is 11.3 Å². The lowest BCUT2D eigenvalue weighted by molar-refractivity contribution is -0.133. The number of nitrogens with one attached hydrogen (secondary N) is 1. The van der Waals surface area contributed by atoms with E-state index in [1.807, 2.05) is 49.1 Å². The van der Waals surface area contributed by atoms with E-state index < -0.39 is 0 Å². The lowest BCUT2D eigenvalue weighted by atomic mass is 9.93. The van der Waals surface area contributed by atoms with Gasteiger partial charge in [-0.3, -0.25) is 4.79 Å². The van der Waals surface area contributed by atoms with Gasteiger partial charge in [0.05, 0.1) is 6.54 Å². The summed E-state index contributed by atoms with van der Waals surface area (Å²) in [6.45, 7) is 15.5. The number of hydrogen-bond acceptors (Lipinski definition) is 3. The highest BCUT2D eigenvalue weighted by Crippen LogP contribution is 2.32. The van der Waals surface area contributed by atoms with Crippen molar-refractivity contribution in [2.75, 3.05) is 11.9 Å². The number of carbonyl (C=O) groups excluding carboxylic acids is 2. The van der Waals surface area contributed by atoms with E-state index >= 15 is 0 Å². The summed E-state index contributed by atoms with van der Waals surface area (Å²) in [5, 5.41) is 3.19. The van der Waals surface area contributed by atoms with Crippen LogP contribution in [0.5, 0.6) is 0 Å². The molecule has 1 heterocycles. The molecule has 0 unspecified atom stereocenters. The van der Waals surface area contributed by atoms with Crippen molar-refractivity contribution in [1.29, 1.82) is 0 Å². The van der Waals surface area contributed by atoms with Crippen LogP contribution in [0.25, 0.3) is 0 Å². The number of anilines is 1. The first kappa shape index (κ1) is 28.5. The maximum atomic E-state index is 13.7. The van der Waals surface area contributed by atoms with Crippen molar-refractivity contribution < 1.29 is 9.59 Å². The van der Waals surface area contributed by atoms with Gasteiger partial charge in [0.2, 0.25) is 5.91 Å². The molecule has 0 fully saturated rings. The fraction of sp³-hybridized carbons (Fsp3) is 0.419. The Hall–Kier alpha value is -3.12. The van der Waals surface area contributed by atoms with E-state index in [0.29, 0.717) is 13.1 Å². The van der Waals surface area contributed by atoms with E-state index in [2.05, 4.69) is 70.3 Å². The highest BCUT2D eigenvalue weighted by Gasteiger charge is 2.26. The van der Waals surface area contributed by atoms with Crippen molar-refractivity contribution in [3.05, 3.63) is 87.1 Å². The predicted molar refractivity (Wildman–Crippen MR) is 155 cm³/mol. The van der Waals surface area contributed by atoms with Gasteiger partial charge in [-0.05, 0) is 61.4 Å². The van der Waals surface area contributed by atoms with E-state index in [0.717, 1.165) is 27.3 Å². The lowest BCUT2D eigenvalue weighted by Gasteiger charge is -2.31. The monoisotopic (exact) mass is 519 g/mol. The van der Waals surface area contributed by atoms with Gasteiger partial charge in [-0.1, -0.05) is 76.2 Å². The molecule has 3 rings (SSSR count). The normalized spacial score (nSPS) is 11.3. The molecule has 0 aliphatic rings. The molecule has 0 radical (unpaired) electrons. The molecule has 0 aliphatic heterocycles. The molecule has 3 aromatic rings. The van der Waals surface area contributed by atoms with Crippen molar-refractivity contribution in [1.82, 2.24) is 9.80 Å². The average molecular weight is 520 g/mol. The summed E-state index contributed by atoms with van der Waals surface area (Å²) in [7, 11) is 0. The average Bonchev–Trinajstić information content (AvgIpc) is 3.26. The number of nitrogens with zero attached hydrogens (tertiary/aromatic N) is 2. The minimum absolute atomic E-state index is 0.0154. The molecule has 198 valence electrons. The quantitative estimate of drug-likeness (QED) is 0.297. The molecule has 3 amide bonds. The Morgan fingerprint density at radius 1 is 0.811 bits per heavy atom. The van der Waals surface area contributed by atoms with Crippen molar-refractivity contribution in [3.8, 4) is 0 Å². The minimum atomic E-state index is -0.245. The van der Waals surface area contributed by atoms with Crippen LogP contribution in [-0.4, -0.2) is 34.3 Å². The van der Waals surface area contributed by atoms with E-state index in [4.69, 9.17) is 0 Å². The summed E-state index contributed by atoms with van der Waals surface area (Å²) in [6.07, 6.45) is 0. The first-order valence-electron chi connectivity index (χ1n) is 13.1. The number of thiophene rings is 1. The summed E-state index contributed by atoms with van der Waals surface area (Å²) in [5.41, 5.74) is 4.14. The van der Waals surface area contributed by atoms with Gasteiger partial charge < -0.3 is 15.1 Å². The third kappa shape index (κ3) is 7.68. The molecule has 2 aromatic carbocycles. The van der Waals surface area contributed by atoms with Crippen LogP contribution in [0.15, 0.2) is 60.7 Å². The number of rotatable bonds is 10. The summed E-state index contributed by atoms with van der Waals surface area (Å²) in [6, 6.07) is 20.0. The first-order valence-corrected chi connectivity index (χ1v) is 14.0. The van der Waals surface area contributed by atoms with Crippen LogP contribution in [0.3, 0.4) is 0 Å². The molecule has 0 bridgehead atoms. The van der Waals surface area contributed by atoms with Gasteiger partial charge in [-0.25, -0.2) is 4.79 Å². The zero-order valence-corrected chi connectivity index (χ0v) is 24.1. The van der Waals surface area contributed by atoms with Crippen LogP contribution >= 0.6 is 11.3 Å². The van der Waals surface area contributed by atoms with Gasteiger partial charge >= 0.3 is 6.03 Å². The van der Waals surface area contributed by atoms with Gasteiger partial charge in [0, 0.05) is 28.0 Å². The van der Waals surface area contributed by atoms with Crippen molar-refractivity contribution in [3.63, 3.8) is 0 Å². The molecule has 5 nitrogen and oxygen atoms in total. The number of para-hydroxylation sites is 1. The highest BCUT2D eigenvalue weighted by atomic mass is 32.1. The molecule has 0 saturated carbocycles. The molecule has 37 heavy (non-hydrogen) atoms. The maximum absolute atomic E-state index is 13.7. The molecule has 0 atom stereocenters. The standard InChI is InChI=1S/C31H41N3O2S/c1-21(2)27-14-11-15-28(22(3)4)30(27)32-31(36)34(23(5)6)20-29(35)33(18-25-12-9-8-10-13-25)19-26-17-16-24(7)37-26/h8-17,21-23H,18-20H2,1-7H3,(H,32,36). The largest absolute Gasteiger partial charge is 0.332 e. The number of carbonyl (C=O) groups is 2. The molecular formula is C31H41N3O2S. The Morgan fingerprint density at radius 3 is 1.95 bits per heavy atom. The van der Waals surface area contributed by atoms with Gasteiger partial charge in [0.15, 0.2) is 0 Å². The highest BCUT2D eigenvalue weighted by molar-refractivity contribution is 7.11.